The van der Waals surface area contributed by atoms with Gasteiger partial charge >= 0.3 is 12.7 Å². The molecule has 0 radical (unpaired) electrons. The molecule has 0 aliphatic rings. The Balaban J connectivity index is 1.44. The molecular formula is C26H16F6O6S. The maximum absolute atomic E-state index is 13.0. The zero-order chi connectivity index (χ0) is 28.3. The third-order valence-electron chi connectivity index (χ3n) is 4.82. The molecule has 0 N–H and O–H groups in total. The van der Waals surface area contributed by atoms with Gasteiger partial charge in [-0.25, -0.2) is 8.42 Å². The number of ether oxygens (including phenoxy) is 4. The van der Waals surface area contributed by atoms with E-state index in [0.29, 0.717) is 0 Å². The van der Waals surface area contributed by atoms with Crippen molar-refractivity contribution in [3.05, 3.63) is 97.1 Å². The highest BCUT2D eigenvalue weighted by Gasteiger charge is 2.32. The molecule has 0 amide bonds. The standard InChI is InChI=1S/C26H16F6O6S/c27-25(28,29)37-21-5-1-3-19(15-21)35-17-7-11-23(12-8-17)39(33,34)24-13-9-18(10-14-24)36-20-4-2-6-22(16-20)38-26(30,31)32/h1-16H. The summed E-state index contributed by atoms with van der Waals surface area (Å²) in [5.74, 6) is -0.544. The van der Waals surface area contributed by atoms with E-state index in [0.717, 1.165) is 24.3 Å². The molecule has 0 bridgehead atoms. The van der Waals surface area contributed by atoms with Gasteiger partial charge in [0, 0.05) is 12.1 Å². The molecule has 0 saturated carbocycles. The van der Waals surface area contributed by atoms with Crippen LogP contribution in [-0.2, 0) is 9.84 Å². The Morgan fingerprint density at radius 3 is 1.13 bits per heavy atom. The summed E-state index contributed by atoms with van der Waals surface area (Å²) >= 11 is 0. The minimum atomic E-state index is -4.87. The van der Waals surface area contributed by atoms with E-state index < -0.39 is 34.1 Å². The molecule has 4 aromatic rings. The van der Waals surface area contributed by atoms with Crippen LogP contribution in [0.5, 0.6) is 34.5 Å². The smallest absolute Gasteiger partial charge is 0.457 e. The lowest BCUT2D eigenvalue weighted by molar-refractivity contribution is -0.275. The minimum absolute atomic E-state index is 0.0402. The van der Waals surface area contributed by atoms with Gasteiger partial charge in [0.05, 0.1) is 9.79 Å². The number of hydrogen-bond donors (Lipinski definition) is 0. The molecule has 0 spiro atoms. The lowest BCUT2D eigenvalue weighted by atomic mass is 10.3. The quantitative estimate of drug-likeness (QED) is 0.201. The maximum Gasteiger partial charge on any atom is 0.573 e. The molecule has 0 unspecified atom stereocenters. The molecule has 0 heterocycles. The van der Waals surface area contributed by atoms with Crippen LogP contribution in [0.4, 0.5) is 26.3 Å². The van der Waals surface area contributed by atoms with E-state index in [1.54, 1.807) is 0 Å². The van der Waals surface area contributed by atoms with E-state index in [1.165, 1.54) is 72.8 Å². The molecule has 0 aromatic heterocycles. The van der Waals surface area contributed by atoms with Crippen LogP contribution in [0, 0.1) is 0 Å². The van der Waals surface area contributed by atoms with Crippen LogP contribution >= 0.6 is 0 Å². The molecule has 39 heavy (non-hydrogen) atoms. The molecule has 4 aromatic carbocycles. The van der Waals surface area contributed by atoms with Gasteiger partial charge < -0.3 is 18.9 Å². The van der Waals surface area contributed by atoms with Gasteiger partial charge in [0.15, 0.2) is 0 Å². The van der Waals surface area contributed by atoms with Crippen LogP contribution in [0.2, 0.25) is 0 Å². The van der Waals surface area contributed by atoms with E-state index in [9.17, 15) is 34.8 Å². The lowest BCUT2D eigenvalue weighted by Crippen LogP contribution is -2.17. The fourth-order valence-electron chi connectivity index (χ4n) is 3.25. The van der Waals surface area contributed by atoms with Crippen molar-refractivity contribution in [2.24, 2.45) is 0 Å². The number of rotatable bonds is 8. The summed E-state index contributed by atoms with van der Waals surface area (Å²) < 4.78 is 119. The molecule has 0 atom stereocenters. The van der Waals surface area contributed by atoms with Gasteiger partial charge in [0.1, 0.15) is 34.5 Å². The average molecular weight is 570 g/mol. The van der Waals surface area contributed by atoms with E-state index in [4.69, 9.17) is 9.47 Å². The second-order valence-corrected chi connectivity index (χ2v) is 9.65. The third kappa shape index (κ3) is 7.80. The van der Waals surface area contributed by atoms with Crippen molar-refractivity contribution in [3.8, 4) is 34.5 Å². The molecule has 0 fully saturated rings. The van der Waals surface area contributed by atoms with Crippen LogP contribution < -0.4 is 18.9 Å². The molecule has 204 valence electrons. The molecule has 0 aliphatic carbocycles. The first-order valence-electron chi connectivity index (χ1n) is 10.8. The fourth-order valence-corrected chi connectivity index (χ4v) is 4.51. The van der Waals surface area contributed by atoms with Crippen molar-refractivity contribution in [1.29, 1.82) is 0 Å². The van der Waals surface area contributed by atoms with Crippen LogP contribution in [-0.4, -0.2) is 21.1 Å². The lowest BCUT2D eigenvalue weighted by Gasteiger charge is -2.12. The van der Waals surface area contributed by atoms with E-state index >= 15 is 0 Å². The molecule has 4 rings (SSSR count). The van der Waals surface area contributed by atoms with Gasteiger partial charge in [-0.05, 0) is 72.8 Å². The number of sulfone groups is 1. The summed E-state index contributed by atoms with van der Waals surface area (Å²) in [7, 11) is -3.97. The molecule has 13 heteroatoms. The first-order valence-corrected chi connectivity index (χ1v) is 12.3. The first-order chi connectivity index (χ1) is 18.3. The average Bonchev–Trinajstić information content (AvgIpc) is 2.83. The molecular weight excluding hydrogens is 554 g/mol. The number of hydrogen-bond acceptors (Lipinski definition) is 6. The zero-order valence-electron chi connectivity index (χ0n) is 19.4. The Labute approximate surface area is 217 Å². The Hall–Kier alpha value is -4.39. The minimum Gasteiger partial charge on any atom is -0.457 e. The summed E-state index contributed by atoms with van der Waals surface area (Å²) in [6.07, 6.45) is -9.73. The number of benzene rings is 4. The Morgan fingerprint density at radius 2 is 0.795 bits per heavy atom. The Bertz CT molecular complexity index is 1420. The van der Waals surface area contributed by atoms with Crippen LogP contribution in [0.25, 0.3) is 0 Å². The van der Waals surface area contributed by atoms with Gasteiger partial charge in [-0.2, -0.15) is 0 Å². The molecule has 6 nitrogen and oxygen atoms in total. The largest absolute Gasteiger partial charge is 0.573 e. The number of alkyl halides is 6. The van der Waals surface area contributed by atoms with Crippen molar-refractivity contribution < 1.29 is 53.7 Å². The van der Waals surface area contributed by atoms with E-state index in [-0.39, 0.29) is 32.8 Å². The highest BCUT2D eigenvalue weighted by Crippen LogP contribution is 2.32. The van der Waals surface area contributed by atoms with Gasteiger partial charge in [-0.1, -0.05) is 12.1 Å². The van der Waals surface area contributed by atoms with Crippen LogP contribution in [0.3, 0.4) is 0 Å². The fraction of sp³-hybridized carbons (Fsp3) is 0.0769. The number of halogens is 6. The maximum atomic E-state index is 13.0. The van der Waals surface area contributed by atoms with Gasteiger partial charge in [-0.3, -0.25) is 0 Å². The first kappa shape index (κ1) is 27.6. The van der Waals surface area contributed by atoms with Crippen molar-refractivity contribution in [2.45, 2.75) is 22.5 Å². The summed E-state index contributed by atoms with van der Waals surface area (Å²) in [5.41, 5.74) is 0. The molecule has 0 aliphatic heterocycles. The van der Waals surface area contributed by atoms with Crippen LogP contribution in [0.15, 0.2) is 107 Å². The predicted molar refractivity (Wildman–Crippen MR) is 125 cm³/mol. The van der Waals surface area contributed by atoms with Gasteiger partial charge in [0.25, 0.3) is 0 Å². The van der Waals surface area contributed by atoms with Crippen molar-refractivity contribution >= 4 is 9.84 Å². The SMILES string of the molecule is O=S(=O)(c1ccc(Oc2cccc(OC(F)(F)F)c2)cc1)c1ccc(Oc2cccc(OC(F)(F)F)c2)cc1. The van der Waals surface area contributed by atoms with Crippen molar-refractivity contribution in [2.75, 3.05) is 0 Å². The topological polar surface area (TPSA) is 71.1 Å². The highest BCUT2D eigenvalue weighted by molar-refractivity contribution is 7.91. The highest BCUT2D eigenvalue weighted by atomic mass is 32.2. The summed E-state index contributed by atoms with van der Waals surface area (Å²) in [5, 5.41) is 0. The second kappa shape index (κ2) is 10.8. The third-order valence-corrected chi connectivity index (χ3v) is 6.60. The summed E-state index contributed by atoms with van der Waals surface area (Å²) in [6.45, 7) is 0. The predicted octanol–water partition coefficient (Wildman–Crippen LogP) is 7.90. The van der Waals surface area contributed by atoms with Crippen molar-refractivity contribution in [3.63, 3.8) is 0 Å². The van der Waals surface area contributed by atoms with Gasteiger partial charge in [0.2, 0.25) is 9.84 Å². The van der Waals surface area contributed by atoms with Crippen molar-refractivity contribution in [1.82, 2.24) is 0 Å². The Kier molecular flexibility index (Phi) is 7.63. The van der Waals surface area contributed by atoms with Crippen LogP contribution in [0.1, 0.15) is 0 Å². The van der Waals surface area contributed by atoms with E-state index in [2.05, 4.69) is 9.47 Å². The van der Waals surface area contributed by atoms with Gasteiger partial charge in [-0.15, -0.1) is 26.3 Å². The zero-order valence-corrected chi connectivity index (χ0v) is 20.2. The summed E-state index contributed by atoms with van der Waals surface area (Å²) in [4.78, 5) is -0.177. The normalized spacial score (nSPS) is 12.1. The Morgan fingerprint density at radius 1 is 0.462 bits per heavy atom. The second-order valence-electron chi connectivity index (χ2n) is 7.70. The summed E-state index contributed by atoms with van der Waals surface area (Å²) in [6, 6.07) is 20.0. The monoisotopic (exact) mass is 570 g/mol. The molecule has 0 saturated heterocycles. The van der Waals surface area contributed by atoms with E-state index in [1.807, 2.05) is 0 Å².